The summed E-state index contributed by atoms with van der Waals surface area (Å²) in [5.74, 6) is 1.29. The molecule has 1 saturated heterocycles. The number of piperazine rings is 1. The fraction of sp³-hybridized carbons (Fsp3) is 0.560. The molecule has 1 aliphatic carbocycles. The number of nitrogens with one attached hydrogen (secondary N) is 1. The van der Waals surface area contributed by atoms with Gasteiger partial charge in [-0.25, -0.2) is 4.79 Å². The SMILES string of the molecule is C=C1c2cc(OCC)ccc2NC(=O)N1C.CCN1CCN(C(=O)C2CCCCC2)CC1=O. The molecule has 0 unspecified atom stereocenters. The lowest BCUT2D eigenvalue weighted by Crippen LogP contribution is -2.53. The number of urea groups is 1. The van der Waals surface area contributed by atoms with E-state index in [1.54, 1.807) is 11.9 Å². The number of hydrogen-bond acceptors (Lipinski definition) is 4. The number of ether oxygens (including phenoxy) is 1. The van der Waals surface area contributed by atoms with Crippen molar-refractivity contribution in [1.82, 2.24) is 14.7 Å². The van der Waals surface area contributed by atoms with Crippen LogP contribution in [0.25, 0.3) is 5.70 Å². The number of carbonyl (C=O) groups excluding carboxylic acids is 3. The van der Waals surface area contributed by atoms with Crippen LogP contribution in [0.15, 0.2) is 24.8 Å². The van der Waals surface area contributed by atoms with E-state index in [4.69, 9.17) is 4.74 Å². The van der Waals surface area contributed by atoms with E-state index in [-0.39, 0.29) is 23.8 Å². The van der Waals surface area contributed by atoms with Crippen LogP contribution >= 0.6 is 0 Å². The van der Waals surface area contributed by atoms with Gasteiger partial charge in [-0.15, -0.1) is 0 Å². The Hall–Kier alpha value is -3.03. The fourth-order valence-corrected chi connectivity index (χ4v) is 4.47. The number of nitrogens with zero attached hydrogens (tertiary/aromatic N) is 3. The summed E-state index contributed by atoms with van der Waals surface area (Å²) in [6.07, 6.45) is 5.62. The molecular formula is C25H36N4O4. The molecule has 180 valence electrons. The van der Waals surface area contributed by atoms with Crippen LogP contribution in [0.1, 0.15) is 51.5 Å². The molecule has 3 aliphatic rings. The van der Waals surface area contributed by atoms with Gasteiger partial charge in [-0.2, -0.15) is 0 Å². The molecule has 33 heavy (non-hydrogen) atoms. The maximum Gasteiger partial charge on any atom is 0.326 e. The van der Waals surface area contributed by atoms with E-state index in [1.165, 1.54) is 24.2 Å². The highest BCUT2D eigenvalue weighted by molar-refractivity contribution is 6.02. The molecule has 1 aromatic rings. The number of amides is 4. The Balaban J connectivity index is 0.000000186. The number of anilines is 1. The summed E-state index contributed by atoms with van der Waals surface area (Å²) in [6.45, 7) is 10.9. The van der Waals surface area contributed by atoms with Gasteiger partial charge in [0.05, 0.1) is 18.8 Å². The van der Waals surface area contributed by atoms with Crippen molar-refractivity contribution in [3.63, 3.8) is 0 Å². The van der Waals surface area contributed by atoms with Crippen LogP contribution in [-0.4, -0.2) is 72.4 Å². The third-order valence-corrected chi connectivity index (χ3v) is 6.53. The van der Waals surface area contributed by atoms with Crippen molar-refractivity contribution < 1.29 is 19.1 Å². The minimum atomic E-state index is -0.165. The second-order valence-electron chi connectivity index (χ2n) is 8.64. The molecular weight excluding hydrogens is 420 g/mol. The highest BCUT2D eigenvalue weighted by atomic mass is 16.5. The van der Waals surface area contributed by atoms with Gasteiger partial charge in [0.1, 0.15) is 5.75 Å². The van der Waals surface area contributed by atoms with E-state index >= 15 is 0 Å². The number of fused-ring (bicyclic) bond motifs is 1. The summed E-state index contributed by atoms with van der Waals surface area (Å²) < 4.78 is 5.41. The Bertz CT molecular complexity index is 894. The standard InChI is InChI=1S/C13H22N2O2.C12H14N2O2/c1-2-14-8-9-15(10-12(14)16)13(17)11-6-4-3-5-7-11;1-4-16-9-5-6-11-10(7-9)8(2)14(3)12(15)13-11/h11H,2-10H2,1H3;5-7H,2,4H2,1,3H3,(H,13,15). The van der Waals surface area contributed by atoms with E-state index < -0.39 is 0 Å². The first-order chi connectivity index (χ1) is 15.8. The number of carbonyl (C=O) groups is 3. The molecule has 0 atom stereocenters. The van der Waals surface area contributed by atoms with Gasteiger partial charge >= 0.3 is 6.03 Å². The number of rotatable bonds is 4. The molecule has 0 bridgehead atoms. The monoisotopic (exact) mass is 456 g/mol. The highest BCUT2D eigenvalue weighted by Crippen LogP contribution is 2.32. The quantitative estimate of drug-likeness (QED) is 0.747. The van der Waals surface area contributed by atoms with Crippen LogP contribution in [0.4, 0.5) is 10.5 Å². The highest BCUT2D eigenvalue weighted by Gasteiger charge is 2.31. The van der Waals surface area contributed by atoms with E-state index in [1.807, 2.05) is 36.9 Å². The molecule has 0 aromatic heterocycles. The summed E-state index contributed by atoms with van der Waals surface area (Å²) in [5.41, 5.74) is 2.35. The Morgan fingerprint density at radius 2 is 1.88 bits per heavy atom. The molecule has 1 N–H and O–H groups in total. The van der Waals surface area contributed by atoms with Gasteiger partial charge in [0.15, 0.2) is 0 Å². The van der Waals surface area contributed by atoms with Gasteiger partial charge in [-0.05, 0) is 44.9 Å². The van der Waals surface area contributed by atoms with Crippen molar-refractivity contribution in [2.45, 2.75) is 46.0 Å². The smallest absolute Gasteiger partial charge is 0.326 e. The van der Waals surface area contributed by atoms with Crippen LogP contribution in [0.3, 0.4) is 0 Å². The van der Waals surface area contributed by atoms with Gasteiger partial charge in [0.25, 0.3) is 0 Å². The van der Waals surface area contributed by atoms with Gasteiger partial charge in [-0.1, -0.05) is 25.8 Å². The van der Waals surface area contributed by atoms with Gasteiger partial charge < -0.3 is 19.9 Å². The maximum atomic E-state index is 12.2. The van der Waals surface area contributed by atoms with Crippen molar-refractivity contribution in [3.05, 3.63) is 30.3 Å². The van der Waals surface area contributed by atoms with E-state index in [0.29, 0.717) is 25.4 Å². The zero-order chi connectivity index (χ0) is 24.0. The Kier molecular flexibility index (Phi) is 8.36. The van der Waals surface area contributed by atoms with Crippen molar-refractivity contribution in [1.29, 1.82) is 0 Å². The van der Waals surface area contributed by atoms with Crippen molar-refractivity contribution in [2.24, 2.45) is 5.92 Å². The third kappa shape index (κ3) is 5.86. The number of benzene rings is 1. The Morgan fingerprint density at radius 1 is 1.15 bits per heavy atom. The molecule has 2 heterocycles. The molecule has 1 saturated carbocycles. The van der Waals surface area contributed by atoms with Gasteiger partial charge in [-0.3, -0.25) is 14.5 Å². The summed E-state index contributed by atoms with van der Waals surface area (Å²) in [6, 6.07) is 5.39. The number of likely N-dealkylation sites (N-methyl/N-ethyl adjacent to an activating group) is 1. The minimum absolute atomic E-state index is 0.0999. The minimum Gasteiger partial charge on any atom is -0.494 e. The lowest BCUT2D eigenvalue weighted by molar-refractivity contribution is -0.148. The number of hydrogen-bond donors (Lipinski definition) is 1. The summed E-state index contributed by atoms with van der Waals surface area (Å²) in [4.78, 5) is 40.6. The molecule has 2 fully saturated rings. The largest absolute Gasteiger partial charge is 0.494 e. The normalized spacial score (nSPS) is 18.9. The van der Waals surface area contributed by atoms with Crippen molar-refractivity contribution in [3.8, 4) is 5.75 Å². The molecule has 4 rings (SSSR count). The first kappa shape index (κ1) is 24.6. The second-order valence-corrected chi connectivity index (χ2v) is 8.64. The molecule has 8 heteroatoms. The van der Waals surface area contributed by atoms with Crippen LogP contribution in [0.2, 0.25) is 0 Å². The lowest BCUT2D eigenvalue weighted by Gasteiger charge is -2.36. The van der Waals surface area contributed by atoms with Crippen molar-refractivity contribution in [2.75, 3.05) is 45.2 Å². The molecule has 0 spiro atoms. The van der Waals surface area contributed by atoms with Gasteiger partial charge in [0.2, 0.25) is 11.8 Å². The van der Waals surface area contributed by atoms with E-state index in [0.717, 1.165) is 42.9 Å². The Morgan fingerprint density at radius 3 is 2.52 bits per heavy atom. The Labute approximate surface area is 196 Å². The molecule has 8 nitrogen and oxygen atoms in total. The van der Waals surface area contributed by atoms with E-state index in [2.05, 4.69) is 11.9 Å². The van der Waals surface area contributed by atoms with Crippen LogP contribution in [0.5, 0.6) is 5.75 Å². The fourth-order valence-electron chi connectivity index (χ4n) is 4.47. The van der Waals surface area contributed by atoms with Crippen LogP contribution < -0.4 is 10.1 Å². The lowest BCUT2D eigenvalue weighted by atomic mass is 9.88. The zero-order valence-electron chi connectivity index (χ0n) is 20.1. The van der Waals surface area contributed by atoms with Crippen LogP contribution in [0, 0.1) is 5.92 Å². The summed E-state index contributed by atoms with van der Waals surface area (Å²) in [5, 5.41) is 2.78. The second kappa shape index (κ2) is 11.2. The maximum absolute atomic E-state index is 12.2. The van der Waals surface area contributed by atoms with E-state index in [9.17, 15) is 14.4 Å². The third-order valence-electron chi connectivity index (χ3n) is 6.53. The topological polar surface area (TPSA) is 82.2 Å². The van der Waals surface area contributed by atoms with Crippen molar-refractivity contribution >= 4 is 29.2 Å². The summed E-state index contributed by atoms with van der Waals surface area (Å²) in [7, 11) is 1.69. The van der Waals surface area contributed by atoms with Gasteiger partial charge in [0, 0.05) is 43.9 Å². The zero-order valence-corrected chi connectivity index (χ0v) is 20.1. The first-order valence-electron chi connectivity index (χ1n) is 11.9. The molecule has 4 amide bonds. The first-order valence-corrected chi connectivity index (χ1v) is 11.9. The average molecular weight is 457 g/mol. The predicted octanol–water partition coefficient (Wildman–Crippen LogP) is 3.79. The molecule has 2 aliphatic heterocycles. The average Bonchev–Trinajstić information content (AvgIpc) is 2.84. The van der Waals surface area contributed by atoms with Crippen LogP contribution in [-0.2, 0) is 9.59 Å². The summed E-state index contributed by atoms with van der Waals surface area (Å²) >= 11 is 0. The molecule has 0 radical (unpaired) electrons. The predicted molar refractivity (Wildman–Crippen MR) is 129 cm³/mol. The molecule has 1 aromatic carbocycles.